The third-order valence-corrected chi connectivity index (χ3v) is 7.25. The van der Waals surface area contributed by atoms with Crippen molar-refractivity contribution in [2.75, 3.05) is 11.1 Å². The number of thioether (sulfide) groups is 1. The number of rotatable bonds is 5. The first-order valence-electron chi connectivity index (χ1n) is 9.52. The van der Waals surface area contributed by atoms with Gasteiger partial charge in [0.25, 0.3) is 0 Å². The van der Waals surface area contributed by atoms with Gasteiger partial charge in [-0.25, -0.2) is 0 Å². The van der Waals surface area contributed by atoms with E-state index >= 15 is 0 Å². The number of benzene rings is 1. The van der Waals surface area contributed by atoms with Gasteiger partial charge in [-0.2, -0.15) is 0 Å². The van der Waals surface area contributed by atoms with E-state index < -0.39 is 0 Å². The zero-order valence-electron chi connectivity index (χ0n) is 16.4. The van der Waals surface area contributed by atoms with Crippen LogP contribution in [0.15, 0.2) is 28.7 Å². The molecule has 0 unspecified atom stereocenters. The zero-order chi connectivity index (χ0) is 19.7. The maximum Gasteiger partial charge on any atom is 0.234 e. The van der Waals surface area contributed by atoms with Gasteiger partial charge in [0, 0.05) is 28.6 Å². The first-order chi connectivity index (χ1) is 13.5. The second-order valence-electron chi connectivity index (χ2n) is 7.28. The van der Waals surface area contributed by atoms with E-state index in [-0.39, 0.29) is 5.91 Å². The molecule has 0 saturated carbocycles. The minimum Gasteiger partial charge on any atom is -0.325 e. The lowest BCUT2D eigenvalue weighted by molar-refractivity contribution is -0.113. The molecular weight excluding hydrogens is 388 g/mol. The molecule has 0 fully saturated rings. The number of fused-ring (bicyclic) bond motifs is 1. The van der Waals surface area contributed by atoms with Gasteiger partial charge >= 0.3 is 0 Å². The van der Waals surface area contributed by atoms with E-state index in [1.165, 1.54) is 47.0 Å². The molecule has 0 radical (unpaired) electrons. The zero-order valence-corrected chi connectivity index (χ0v) is 18.0. The molecule has 1 aliphatic rings. The minimum atomic E-state index is -0.0313. The van der Waals surface area contributed by atoms with Gasteiger partial charge in [0.15, 0.2) is 11.0 Å². The van der Waals surface area contributed by atoms with Crippen molar-refractivity contribution in [1.29, 1.82) is 0 Å². The summed E-state index contributed by atoms with van der Waals surface area (Å²) in [5, 5.41) is 14.7. The number of nitrogens with one attached hydrogen (secondary N) is 1. The SMILES string of the molecule is Cc1ccc(C)c(NC(=O)CSc2nnc(-c3csc4c3CCCC4)n2C)c1. The Kier molecular flexibility index (Phi) is 5.55. The molecule has 1 amide bonds. The summed E-state index contributed by atoms with van der Waals surface area (Å²) < 4.78 is 2.01. The molecule has 0 saturated heterocycles. The molecule has 2 aromatic heterocycles. The molecule has 0 atom stereocenters. The van der Waals surface area contributed by atoms with E-state index in [9.17, 15) is 4.79 Å². The number of amides is 1. The highest BCUT2D eigenvalue weighted by Crippen LogP contribution is 2.36. The van der Waals surface area contributed by atoms with Crippen LogP contribution < -0.4 is 5.32 Å². The first kappa shape index (κ1) is 19.2. The van der Waals surface area contributed by atoms with Crippen molar-refractivity contribution in [2.45, 2.75) is 44.7 Å². The lowest BCUT2D eigenvalue weighted by Crippen LogP contribution is -2.15. The van der Waals surface area contributed by atoms with Crippen LogP contribution in [-0.2, 0) is 24.7 Å². The highest BCUT2D eigenvalue weighted by Gasteiger charge is 2.21. The summed E-state index contributed by atoms with van der Waals surface area (Å²) >= 11 is 3.26. The topological polar surface area (TPSA) is 59.8 Å². The number of carbonyl (C=O) groups excluding carboxylic acids is 1. The van der Waals surface area contributed by atoms with Crippen LogP contribution in [0.3, 0.4) is 0 Å². The summed E-state index contributed by atoms with van der Waals surface area (Å²) in [5.74, 6) is 1.18. The summed E-state index contributed by atoms with van der Waals surface area (Å²) in [6, 6.07) is 6.07. The predicted molar refractivity (Wildman–Crippen MR) is 116 cm³/mol. The molecular formula is C21H24N4OS2. The molecule has 0 spiro atoms. The Labute approximate surface area is 173 Å². The highest BCUT2D eigenvalue weighted by atomic mass is 32.2. The smallest absolute Gasteiger partial charge is 0.234 e. The second-order valence-corrected chi connectivity index (χ2v) is 9.19. The third-order valence-electron chi connectivity index (χ3n) is 5.14. The van der Waals surface area contributed by atoms with Gasteiger partial charge in [0.1, 0.15) is 0 Å². The van der Waals surface area contributed by atoms with E-state index in [0.717, 1.165) is 34.2 Å². The number of aromatic nitrogens is 3. The number of nitrogens with zero attached hydrogens (tertiary/aromatic N) is 3. The predicted octanol–water partition coefficient (Wildman–Crippen LogP) is 4.77. The Bertz CT molecular complexity index is 1020. The fourth-order valence-corrected chi connectivity index (χ4v) is 5.38. The lowest BCUT2D eigenvalue weighted by Gasteiger charge is -2.12. The molecule has 146 valence electrons. The molecule has 0 aliphatic heterocycles. The summed E-state index contributed by atoms with van der Waals surface area (Å²) in [6.07, 6.45) is 4.83. The van der Waals surface area contributed by atoms with E-state index in [2.05, 4.69) is 20.9 Å². The van der Waals surface area contributed by atoms with Crippen LogP contribution in [0.2, 0.25) is 0 Å². The van der Waals surface area contributed by atoms with Gasteiger partial charge in [0.2, 0.25) is 5.91 Å². The highest BCUT2D eigenvalue weighted by molar-refractivity contribution is 7.99. The van der Waals surface area contributed by atoms with E-state index in [1.807, 2.05) is 55.0 Å². The fourth-order valence-electron chi connectivity index (χ4n) is 3.54. The Balaban J connectivity index is 1.44. The lowest BCUT2D eigenvalue weighted by atomic mass is 9.96. The number of hydrogen-bond donors (Lipinski definition) is 1. The average molecular weight is 413 g/mol. The Morgan fingerprint density at radius 3 is 2.93 bits per heavy atom. The van der Waals surface area contributed by atoms with Crippen molar-refractivity contribution >= 4 is 34.7 Å². The monoisotopic (exact) mass is 412 g/mol. The van der Waals surface area contributed by atoms with Gasteiger partial charge in [0.05, 0.1) is 5.75 Å². The summed E-state index contributed by atoms with van der Waals surface area (Å²) in [7, 11) is 1.98. The molecule has 3 aromatic rings. The normalized spacial score (nSPS) is 13.4. The maximum absolute atomic E-state index is 12.4. The molecule has 1 aliphatic carbocycles. The van der Waals surface area contributed by atoms with Crippen molar-refractivity contribution in [3.63, 3.8) is 0 Å². The molecule has 0 bridgehead atoms. The minimum absolute atomic E-state index is 0.0313. The molecule has 7 heteroatoms. The van der Waals surface area contributed by atoms with Crippen molar-refractivity contribution in [3.8, 4) is 11.4 Å². The number of thiophene rings is 1. The molecule has 1 N–H and O–H groups in total. The van der Waals surface area contributed by atoms with Crippen LogP contribution in [-0.4, -0.2) is 26.4 Å². The Morgan fingerprint density at radius 2 is 2.07 bits per heavy atom. The number of anilines is 1. The standard InChI is InChI=1S/C21H24N4OS2/c1-13-8-9-14(2)17(10-13)22-19(26)12-28-21-24-23-20(25(21)3)16-11-27-18-7-5-4-6-15(16)18/h8-11H,4-7,12H2,1-3H3,(H,22,26). The van der Waals surface area contributed by atoms with Crippen LogP contribution in [0.25, 0.3) is 11.4 Å². The van der Waals surface area contributed by atoms with Crippen LogP contribution in [0, 0.1) is 13.8 Å². The van der Waals surface area contributed by atoms with E-state index in [1.54, 1.807) is 0 Å². The van der Waals surface area contributed by atoms with Crippen LogP contribution in [0.1, 0.15) is 34.4 Å². The number of hydrogen-bond acceptors (Lipinski definition) is 5. The van der Waals surface area contributed by atoms with Crippen LogP contribution in [0.4, 0.5) is 5.69 Å². The van der Waals surface area contributed by atoms with Crippen molar-refractivity contribution < 1.29 is 4.79 Å². The largest absolute Gasteiger partial charge is 0.325 e. The van der Waals surface area contributed by atoms with E-state index in [0.29, 0.717) is 5.75 Å². The van der Waals surface area contributed by atoms with Gasteiger partial charge < -0.3 is 9.88 Å². The second kappa shape index (κ2) is 8.09. The van der Waals surface area contributed by atoms with Gasteiger partial charge in [-0.05, 0) is 62.3 Å². The van der Waals surface area contributed by atoms with Gasteiger partial charge in [-0.1, -0.05) is 23.9 Å². The van der Waals surface area contributed by atoms with E-state index in [4.69, 9.17) is 0 Å². The Morgan fingerprint density at radius 1 is 1.25 bits per heavy atom. The van der Waals surface area contributed by atoms with Gasteiger partial charge in [-0.3, -0.25) is 4.79 Å². The number of aryl methyl sites for hydroxylation is 3. The van der Waals surface area contributed by atoms with Gasteiger partial charge in [-0.15, -0.1) is 21.5 Å². The fraction of sp³-hybridized carbons (Fsp3) is 0.381. The summed E-state index contributed by atoms with van der Waals surface area (Å²) in [6.45, 7) is 4.02. The molecule has 4 rings (SSSR count). The Hall–Kier alpha value is -2.12. The van der Waals surface area contributed by atoms with Crippen LogP contribution >= 0.6 is 23.1 Å². The molecule has 2 heterocycles. The molecule has 1 aromatic carbocycles. The average Bonchev–Trinajstić information content (AvgIpc) is 3.26. The molecule has 5 nitrogen and oxygen atoms in total. The number of carbonyl (C=O) groups is 1. The third kappa shape index (κ3) is 3.86. The van der Waals surface area contributed by atoms with Crippen molar-refractivity contribution in [3.05, 3.63) is 45.1 Å². The summed E-state index contributed by atoms with van der Waals surface area (Å²) in [4.78, 5) is 13.9. The molecule has 28 heavy (non-hydrogen) atoms. The van der Waals surface area contributed by atoms with Crippen LogP contribution in [0.5, 0.6) is 0 Å². The summed E-state index contributed by atoms with van der Waals surface area (Å²) in [5.41, 5.74) is 5.71. The quantitative estimate of drug-likeness (QED) is 0.613. The maximum atomic E-state index is 12.4. The van der Waals surface area contributed by atoms with Crippen molar-refractivity contribution in [1.82, 2.24) is 14.8 Å². The van der Waals surface area contributed by atoms with Crippen molar-refractivity contribution in [2.24, 2.45) is 7.05 Å². The first-order valence-corrected chi connectivity index (χ1v) is 11.4.